The van der Waals surface area contributed by atoms with E-state index in [0.29, 0.717) is 15.7 Å². The van der Waals surface area contributed by atoms with Crippen molar-refractivity contribution in [3.8, 4) is 0 Å². The van der Waals surface area contributed by atoms with Crippen molar-refractivity contribution in [1.82, 2.24) is 14.6 Å². The molecule has 0 amide bonds. The van der Waals surface area contributed by atoms with Crippen LogP contribution < -0.4 is 5.56 Å². The number of hydrogen-bond donors (Lipinski definition) is 0. The van der Waals surface area contributed by atoms with E-state index in [1.54, 1.807) is 6.92 Å². The Balaban J connectivity index is 1.41. The van der Waals surface area contributed by atoms with Gasteiger partial charge in [0.05, 0.1) is 6.42 Å². The fourth-order valence-electron chi connectivity index (χ4n) is 3.28. The van der Waals surface area contributed by atoms with Crippen molar-refractivity contribution < 1.29 is 9.53 Å². The summed E-state index contributed by atoms with van der Waals surface area (Å²) in [6.45, 7) is 1.82. The molecule has 2 heterocycles. The maximum absolute atomic E-state index is 12.2. The molecular weight excluding hydrogens is 350 g/mol. The zero-order chi connectivity index (χ0) is 18.1. The summed E-state index contributed by atoms with van der Waals surface area (Å²) in [5.74, 6) is -0.295. The van der Waals surface area contributed by atoms with Crippen LogP contribution in [0.3, 0.4) is 0 Å². The Morgan fingerprint density at radius 2 is 2.04 bits per heavy atom. The molecule has 4 rings (SSSR count). The lowest BCUT2D eigenvalue weighted by Crippen LogP contribution is -2.14. The average Bonchev–Trinajstić information content (AvgIpc) is 3.03. The van der Waals surface area contributed by atoms with Gasteiger partial charge in [0.25, 0.3) is 5.56 Å². The lowest BCUT2D eigenvalue weighted by Gasteiger charge is -2.16. The molecule has 1 aliphatic rings. The predicted molar refractivity (Wildman–Crippen MR) is 98.5 cm³/mol. The summed E-state index contributed by atoms with van der Waals surface area (Å²) >= 11 is 1.26. The first-order valence-corrected chi connectivity index (χ1v) is 9.53. The second-order valence-corrected chi connectivity index (χ2v) is 7.61. The van der Waals surface area contributed by atoms with E-state index >= 15 is 0 Å². The highest BCUT2D eigenvalue weighted by Crippen LogP contribution is 2.22. The summed E-state index contributed by atoms with van der Waals surface area (Å²) in [5.41, 5.74) is 4.16. The number of esters is 1. The van der Waals surface area contributed by atoms with Crippen molar-refractivity contribution in [2.45, 2.75) is 45.6 Å². The van der Waals surface area contributed by atoms with Gasteiger partial charge in [0.15, 0.2) is 5.01 Å². The van der Waals surface area contributed by atoms with Crippen LogP contribution in [-0.2, 0) is 35.4 Å². The number of benzene rings is 1. The summed E-state index contributed by atoms with van der Waals surface area (Å²) in [5, 5.41) is 4.73. The van der Waals surface area contributed by atoms with Crippen molar-refractivity contribution in [2.75, 3.05) is 0 Å². The molecule has 6 nitrogen and oxygen atoms in total. The Labute approximate surface area is 154 Å². The molecule has 2 aromatic heterocycles. The van der Waals surface area contributed by atoms with E-state index < -0.39 is 0 Å². The van der Waals surface area contributed by atoms with Gasteiger partial charge in [-0.15, -0.1) is 0 Å². The minimum atomic E-state index is -0.295. The highest BCUT2D eigenvalue weighted by atomic mass is 32.1. The summed E-state index contributed by atoms with van der Waals surface area (Å²) in [6.07, 6.45) is 4.92. The Morgan fingerprint density at radius 3 is 2.88 bits per heavy atom. The molecule has 0 bridgehead atoms. The molecular formula is C19H19N3O3S. The number of fused-ring (bicyclic) bond motifs is 2. The second kappa shape index (κ2) is 6.99. The number of ether oxygens (including phenoxy) is 1. The van der Waals surface area contributed by atoms with Gasteiger partial charge in [-0.25, -0.2) is 4.98 Å². The van der Waals surface area contributed by atoms with E-state index in [2.05, 4.69) is 22.2 Å². The van der Waals surface area contributed by atoms with Crippen LogP contribution in [0.4, 0.5) is 0 Å². The van der Waals surface area contributed by atoms with Crippen LogP contribution in [0, 0.1) is 6.92 Å². The van der Waals surface area contributed by atoms with Gasteiger partial charge in [-0.2, -0.15) is 9.61 Å². The Morgan fingerprint density at radius 1 is 1.23 bits per heavy atom. The van der Waals surface area contributed by atoms with Gasteiger partial charge in [-0.05, 0) is 49.3 Å². The van der Waals surface area contributed by atoms with Crippen LogP contribution in [0.5, 0.6) is 0 Å². The fraction of sp³-hybridized carbons (Fsp3) is 0.368. The molecule has 3 aromatic rings. The monoisotopic (exact) mass is 369 g/mol. The first-order chi connectivity index (χ1) is 12.6. The van der Waals surface area contributed by atoms with Gasteiger partial charge in [0.2, 0.25) is 4.96 Å². The van der Waals surface area contributed by atoms with Crippen molar-refractivity contribution in [3.05, 3.63) is 62.0 Å². The van der Waals surface area contributed by atoms with E-state index in [0.717, 1.165) is 18.4 Å². The Bertz CT molecular complexity index is 1040. The van der Waals surface area contributed by atoms with E-state index in [-0.39, 0.29) is 24.6 Å². The van der Waals surface area contributed by atoms with Gasteiger partial charge in [-0.1, -0.05) is 29.5 Å². The van der Waals surface area contributed by atoms with Crippen molar-refractivity contribution >= 4 is 22.3 Å². The smallest absolute Gasteiger partial charge is 0.310 e. The molecule has 0 aliphatic heterocycles. The van der Waals surface area contributed by atoms with Gasteiger partial charge in [0.1, 0.15) is 6.61 Å². The minimum Gasteiger partial charge on any atom is -0.458 e. The number of rotatable bonds is 4. The van der Waals surface area contributed by atoms with E-state index in [9.17, 15) is 9.59 Å². The fourth-order valence-corrected chi connectivity index (χ4v) is 4.13. The SMILES string of the molecule is Cc1cc(=O)n2nc(COC(=O)Cc3ccc4c(c3)CCCC4)sc2n1. The van der Waals surface area contributed by atoms with Crippen LogP contribution in [0.2, 0.25) is 0 Å². The molecule has 0 fully saturated rings. The molecule has 0 atom stereocenters. The predicted octanol–water partition coefficient (Wildman–Crippen LogP) is 2.62. The van der Waals surface area contributed by atoms with Crippen LogP contribution in [0.1, 0.15) is 40.2 Å². The summed E-state index contributed by atoms with van der Waals surface area (Å²) < 4.78 is 6.58. The van der Waals surface area contributed by atoms with Crippen LogP contribution in [0.25, 0.3) is 4.96 Å². The zero-order valence-electron chi connectivity index (χ0n) is 14.5. The summed E-state index contributed by atoms with van der Waals surface area (Å²) in [6, 6.07) is 7.69. The number of aromatic nitrogens is 3. The maximum Gasteiger partial charge on any atom is 0.310 e. The first kappa shape index (κ1) is 16.9. The molecule has 0 spiro atoms. The van der Waals surface area contributed by atoms with Crippen LogP contribution >= 0.6 is 11.3 Å². The molecule has 0 N–H and O–H groups in total. The highest BCUT2D eigenvalue weighted by Gasteiger charge is 2.13. The molecule has 1 aromatic carbocycles. The van der Waals surface area contributed by atoms with E-state index in [1.165, 1.54) is 45.9 Å². The molecule has 0 saturated carbocycles. The van der Waals surface area contributed by atoms with Crippen molar-refractivity contribution in [1.29, 1.82) is 0 Å². The van der Waals surface area contributed by atoms with Gasteiger partial charge in [-0.3, -0.25) is 9.59 Å². The lowest BCUT2D eigenvalue weighted by atomic mass is 9.90. The molecule has 1 aliphatic carbocycles. The number of aryl methyl sites for hydroxylation is 3. The zero-order valence-corrected chi connectivity index (χ0v) is 15.3. The van der Waals surface area contributed by atoms with E-state index in [4.69, 9.17) is 4.74 Å². The molecule has 134 valence electrons. The van der Waals surface area contributed by atoms with Gasteiger partial charge >= 0.3 is 5.97 Å². The molecule has 0 unspecified atom stereocenters. The molecule has 0 radical (unpaired) electrons. The Kier molecular flexibility index (Phi) is 4.55. The third-order valence-corrected chi connectivity index (χ3v) is 5.41. The maximum atomic E-state index is 12.2. The molecule has 26 heavy (non-hydrogen) atoms. The van der Waals surface area contributed by atoms with Gasteiger partial charge in [0, 0.05) is 11.8 Å². The number of carbonyl (C=O) groups is 1. The second-order valence-electron chi connectivity index (χ2n) is 6.57. The Hall–Kier alpha value is -2.54. The summed E-state index contributed by atoms with van der Waals surface area (Å²) in [4.78, 5) is 28.8. The lowest BCUT2D eigenvalue weighted by molar-refractivity contribution is -0.144. The number of nitrogens with zero attached hydrogens (tertiary/aromatic N) is 3. The third-order valence-electron chi connectivity index (χ3n) is 4.53. The average molecular weight is 369 g/mol. The molecule has 0 saturated heterocycles. The highest BCUT2D eigenvalue weighted by molar-refractivity contribution is 7.16. The molecule has 7 heteroatoms. The van der Waals surface area contributed by atoms with Gasteiger partial charge < -0.3 is 4.74 Å². The quantitative estimate of drug-likeness (QED) is 0.661. The minimum absolute atomic E-state index is 0.0519. The van der Waals surface area contributed by atoms with Crippen molar-refractivity contribution in [2.24, 2.45) is 0 Å². The normalized spacial score (nSPS) is 13.6. The van der Waals surface area contributed by atoms with Crippen LogP contribution in [0.15, 0.2) is 29.1 Å². The number of hydrogen-bond acceptors (Lipinski definition) is 6. The first-order valence-electron chi connectivity index (χ1n) is 8.71. The van der Waals surface area contributed by atoms with Crippen LogP contribution in [-0.4, -0.2) is 20.6 Å². The largest absolute Gasteiger partial charge is 0.458 e. The topological polar surface area (TPSA) is 73.6 Å². The van der Waals surface area contributed by atoms with E-state index in [1.807, 2.05) is 6.07 Å². The van der Waals surface area contributed by atoms with Crippen molar-refractivity contribution in [3.63, 3.8) is 0 Å². The third kappa shape index (κ3) is 3.53. The standard InChI is InChI=1S/C19H19N3O3S/c1-12-8-17(23)22-19(20-12)26-16(21-22)11-25-18(24)10-13-6-7-14-4-2-3-5-15(14)9-13/h6-9H,2-5,10-11H2,1H3. The summed E-state index contributed by atoms with van der Waals surface area (Å²) in [7, 11) is 0. The number of carbonyl (C=O) groups excluding carboxylic acids is 1.